The van der Waals surface area contributed by atoms with E-state index in [0.29, 0.717) is 6.61 Å². The molecule has 1 N–H and O–H groups in total. The zero-order valence-corrected chi connectivity index (χ0v) is 13.4. The highest BCUT2D eigenvalue weighted by atomic mass is 32.1. The Labute approximate surface area is 125 Å². The standard InChI is InChI=1S/C16H22N2OS/c1-5-19-15-9-12(3)11(2)8-13(15)14-10-20-16(18-14)6-7-17-4/h8-10,17H,5-7H2,1-4H3. The molecule has 3 nitrogen and oxygen atoms in total. The quantitative estimate of drug-likeness (QED) is 0.883. The number of rotatable bonds is 6. The molecule has 1 heterocycles. The number of aryl methyl sites for hydroxylation is 2. The van der Waals surface area contributed by atoms with Gasteiger partial charge in [-0.25, -0.2) is 4.98 Å². The van der Waals surface area contributed by atoms with E-state index >= 15 is 0 Å². The van der Waals surface area contributed by atoms with Crippen molar-refractivity contribution < 1.29 is 4.74 Å². The summed E-state index contributed by atoms with van der Waals surface area (Å²) in [4.78, 5) is 4.73. The van der Waals surface area contributed by atoms with Crippen molar-refractivity contribution in [3.8, 4) is 17.0 Å². The van der Waals surface area contributed by atoms with Gasteiger partial charge >= 0.3 is 0 Å². The summed E-state index contributed by atoms with van der Waals surface area (Å²) in [5.74, 6) is 0.932. The maximum Gasteiger partial charge on any atom is 0.128 e. The summed E-state index contributed by atoms with van der Waals surface area (Å²) in [5.41, 5.74) is 4.64. The molecule has 0 atom stereocenters. The van der Waals surface area contributed by atoms with Crippen molar-refractivity contribution in [3.05, 3.63) is 33.6 Å². The smallest absolute Gasteiger partial charge is 0.128 e. The highest BCUT2D eigenvalue weighted by Crippen LogP contribution is 2.33. The van der Waals surface area contributed by atoms with E-state index in [-0.39, 0.29) is 0 Å². The molecule has 0 saturated carbocycles. The van der Waals surface area contributed by atoms with E-state index in [9.17, 15) is 0 Å². The zero-order chi connectivity index (χ0) is 14.5. The van der Waals surface area contributed by atoms with Crippen LogP contribution in [0.1, 0.15) is 23.1 Å². The lowest BCUT2D eigenvalue weighted by Gasteiger charge is -2.11. The summed E-state index contributed by atoms with van der Waals surface area (Å²) in [6.45, 7) is 7.88. The molecule has 0 spiro atoms. The Morgan fingerprint density at radius 1 is 1.25 bits per heavy atom. The molecule has 2 aromatic rings. The molecular formula is C16H22N2OS. The first kappa shape index (κ1) is 15.0. The van der Waals surface area contributed by atoms with Crippen molar-refractivity contribution in [1.82, 2.24) is 10.3 Å². The lowest BCUT2D eigenvalue weighted by molar-refractivity contribution is 0.341. The first-order valence-electron chi connectivity index (χ1n) is 6.99. The average molecular weight is 290 g/mol. The van der Waals surface area contributed by atoms with Gasteiger partial charge in [-0.1, -0.05) is 0 Å². The van der Waals surface area contributed by atoms with Gasteiger partial charge in [-0.3, -0.25) is 0 Å². The molecule has 2 rings (SSSR count). The normalized spacial score (nSPS) is 10.8. The number of nitrogens with one attached hydrogen (secondary N) is 1. The molecule has 0 amide bonds. The van der Waals surface area contributed by atoms with Crippen LogP contribution >= 0.6 is 11.3 Å². The van der Waals surface area contributed by atoms with Crippen molar-refractivity contribution in [1.29, 1.82) is 0 Å². The molecule has 0 aliphatic heterocycles. The number of likely N-dealkylation sites (N-methyl/N-ethyl adjacent to an activating group) is 1. The summed E-state index contributed by atoms with van der Waals surface area (Å²) in [6, 6.07) is 4.29. The Kier molecular flexibility index (Phi) is 5.15. The van der Waals surface area contributed by atoms with E-state index < -0.39 is 0 Å². The SMILES string of the molecule is CCOc1cc(C)c(C)cc1-c1csc(CCNC)n1. The van der Waals surface area contributed by atoms with Gasteiger partial charge in [-0.2, -0.15) is 0 Å². The van der Waals surface area contributed by atoms with Crippen LogP contribution in [-0.4, -0.2) is 25.2 Å². The average Bonchev–Trinajstić information content (AvgIpc) is 2.89. The Morgan fingerprint density at radius 3 is 2.70 bits per heavy atom. The number of ether oxygens (including phenoxy) is 1. The van der Waals surface area contributed by atoms with Gasteiger partial charge in [-0.05, 0) is 51.1 Å². The Balaban J connectivity index is 2.35. The number of aromatic nitrogens is 1. The number of benzene rings is 1. The van der Waals surface area contributed by atoms with Gasteiger partial charge in [0, 0.05) is 23.9 Å². The van der Waals surface area contributed by atoms with E-state index in [0.717, 1.165) is 35.0 Å². The molecule has 0 aliphatic rings. The third-order valence-electron chi connectivity index (χ3n) is 3.31. The fourth-order valence-corrected chi connectivity index (χ4v) is 2.84. The molecule has 4 heteroatoms. The van der Waals surface area contributed by atoms with Gasteiger partial charge in [0.2, 0.25) is 0 Å². The predicted octanol–water partition coefficient (Wildman–Crippen LogP) is 3.59. The number of thiazole rings is 1. The fraction of sp³-hybridized carbons (Fsp3) is 0.438. The summed E-state index contributed by atoms with van der Waals surface area (Å²) in [5, 5.41) is 6.44. The van der Waals surface area contributed by atoms with Crippen LogP contribution in [0.25, 0.3) is 11.3 Å². The monoisotopic (exact) mass is 290 g/mol. The maximum absolute atomic E-state index is 5.77. The molecule has 20 heavy (non-hydrogen) atoms. The lowest BCUT2D eigenvalue weighted by Crippen LogP contribution is -2.09. The van der Waals surface area contributed by atoms with Gasteiger partial charge in [-0.15, -0.1) is 11.3 Å². The van der Waals surface area contributed by atoms with Crippen molar-refractivity contribution >= 4 is 11.3 Å². The largest absolute Gasteiger partial charge is 0.493 e. The van der Waals surface area contributed by atoms with Gasteiger partial charge in [0.05, 0.1) is 17.3 Å². The van der Waals surface area contributed by atoms with Crippen LogP contribution < -0.4 is 10.1 Å². The molecule has 0 unspecified atom stereocenters. The van der Waals surface area contributed by atoms with Crippen LogP contribution in [0.3, 0.4) is 0 Å². The lowest BCUT2D eigenvalue weighted by atomic mass is 10.0. The highest BCUT2D eigenvalue weighted by molar-refractivity contribution is 7.09. The Morgan fingerprint density at radius 2 is 2.00 bits per heavy atom. The van der Waals surface area contributed by atoms with Crippen LogP contribution in [0.5, 0.6) is 5.75 Å². The van der Waals surface area contributed by atoms with Crippen LogP contribution in [0.2, 0.25) is 0 Å². The molecule has 0 aliphatic carbocycles. The molecule has 108 valence electrons. The van der Waals surface area contributed by atoms with E-state index in [4.69, 9.17) is 9.72 Å². The van der Waals surface area contributed by atoms with Crippen LogP contribution in [-0.2, 0) is 6.42 Å². The van der Waals surface area contributed by atoms with E-state index in [2.05, 4.69) is 36.7 Å². The molecule has 0 radical (unpaired) electrons. The molecule has 1 aromatic carbocycles. The van der Waals surface area contributed by atoms with Gasteiger partial charge in [0.15, 0.2) is 0 Å². The molecular weight excluding hydrogens is 268 g/mol. The molecule has 0 saturated heterocycles. The third kappa shape index (κ3) is 3.38. The van der Waals surface area contributed by atoms with Gasteiger partial charge in [0.1, 0.15) is 5.75 Å². The number of hydrogen-bond acceptors (Lipinski definition) is 4. The summed E-state index contributed by atoms with van der Waals surface area (Å²) < 4.78 is 5.77. The predicted molar refractivity (Wildman–Crippen MR) is 85.8 cm³/mol. The second-order valence-corrected chi connectivity index (χ2v) is 5.79. The topological polar surface area (TPSA) is 34.1 Å². The highest BCUT2D eigenvalue weighted by Gasteiger charge is 2.12. The van der Waals surface area contributed by atoms with Crippen LogP contribution in [0, 0.1) is 13.8 Å². The Hall–Kier alpha value is -1.39. The van der Waals surface area contributed by atoms with E-state index in [1.165, 1.54) is 11.1 Å². The first-order chi connectivity index (χ1) is 9.65. The van der Waals surface area contributed by atoms with Crippen molar-refractivity contribution in [2.45, 2.75) is 27.2 Å². The maximum atomic E-state index is 5.77. The van der Waals surface area contributed by atoms with Crippen molar-refractivity contribution in [2.75, 3.05) is 20.2 Å². The minimum atomic E-state index is 0.673. The summed E-state index contributed by atoms with van der Waals surface area (Å²) >= 11 is 1.71. The fourth-order valence-electron chi connectivity index (χ4n) is 2.05. The minimum absolute atomic E-state index is 0.673. The molecule has 0 bridgehead atoms. The van der Waals surface area contributed by atoms with Gasteiger partial charge < -0.3 is 10.1 Å². The summed E-state index contributed by atoms with van der Waals surface area (Å²) in [6.07, 6.45) is 0.968. The van der Waals surface area contributed by atoms with Crippen LogP contribution in [0.15, 0.2) is 17.5 Å². The second-order valence-electron chi connectivity index (χ2n) is 4.85. The van der Waals surface area contributed by atoms with E-state index in [1.807, 2.05) is 14.0 Å². The van der Waals surface area contributed by atoms with Gasteiger partial charge in [0.25, 0.3) is 0 Å². The molecule has 0 fully saturated rings. The number of hydrogen-bond donors (Lipinski definition) is 1. The van der Waals surface area contributed by atoms with Crippen molar-refractivity contribution in [2.24, 2.45) is 0 Å². The number of nitrogens with zero attached hydrogens (tertiary/aromatic N) is 1. The minimum Gasteiger partial charge on any atom is -0.493 e. The summed E-state index contributed by atoms with van der Waals surface area (Å²) in [7, 11) is 1.96. The zero-order valence-electron chi connectivity index (χ0n) is 12.6. The Bertz CT molecular complexity index is 578. The first-order valence-corrected chi connectivity index (χ1v) is 7.87. The second kappa shape index (κ2) is 6.86. The van der Waals surface area contributed by atoms with Crippen molar-refractivity contribution in [3.63, 3.8) is 0 Å². The van der Waals surface area contributed by atoms with E-state index in [1.54, 1.807) is 11.3 Å². The molecule has 1 aromatic heterocycles. The third-order valence-corrected chi connectivity index (χ3v) is 4.22. The van der Waals surface area contributed by atoms with Crippen LogP contribution in [0.4, 0.5) is 0 Å².